The molecule has 6 heteroatoms. The third-order valence-corrected chi connectivity index (χ3v) is 3.17. The smallest absolute Gasteiger partial charge is 0.265 e. The Bertz CT molecular complexity index is 749. The first-order valence-corrected chi connectivity index (χ1v) is 6.64. The number of hydrogen-bond donors (Lipinski definition) is 0. The van der Waals surface area contributed by atoms with Gasteiger partial charge in [0.25, 0.3) is 0 Å². The number of aromatic nitrogens is 3. The number of nitrogens with zero attached hydrogens (tertiary/aromatic N) is 3. The van der Waals surface area contributed by atoms with Gasteiger partial charge in [-0.2, -0.15) is 18.3 Å². The Morgan fingerprint density at radius 1 is 0.955 bits per heavy atom. The van der Waals surface area contributed by atoms with Crippen LogP contribution in [0.15, 0.2) is 60.9 Å². The van der Waals surface area contributed by atoms with Gasteiger partial charge in [-0.1, -0.05) is 36.4 Å². The molecule has 1 aromatic carbocycles. The summed E-state index contributed by atoms with van der Waals surface area (Å²) in [6, 6.07) is 13.7. The van der Waals surface area contributed by atoms with Gasteiger partial charge in [0.15, 0.2) is 5.69 Å². The molecule has 0 aliphatic heterocycles. The van der Waals surface area contributed by atoms with Crippen LogP contribution in [-0.4, -0.2) is 14.8 Å². The predicted octanol–water partition coefficient (Wildman–Crippen LogP) is 4.01. The van der Waals surface area contributed by atoms with Crippen LogP contribution >= 0.6 is 0 Å². The van der Waals surface area contributed by atoms with E-state index in [9.17, 15) is 13.2 Å². The number of alkyl halides is 3. The van der Waals surface area contributed by atoms with E-state index in [0.717, 1.165) is 0 Å². The Kier molecular flexibility index (Phi) is 3.66. The van der Waals surface area contributed by atoms with Crippen molar-refractivity contribution >= 4 is 0 Å². The zero-order valence-electron chi connectivity index (χ0n) is 11.5. The van der Waals surface area contributed by atoms with E-state index in [4.69, 9.17) is 0 Å². The van der Waals surface area contributed by atoms with Crippen molar-refractivity contribution in [2.45, 2.75) is 12.7 Å². The summed E-state index contributed by atoms with van der Waals surface area (Å²) < 4.78 is 40.9. The van der Waals surface area contributed by atoms with Crippen molar-refractivity contribution in [3.8, 4) is 11.1 Å². The molecule has 0 N–H and O–H groups in total. The minimum atomic E-state index is -4.50. The highest BCUT2D eigenvalue weighted by Crippen LogP contribution is 2.36. The lowest BCUT2D eigenvalue weighted by atomic mass is 10.1. The Balaban J connectivity index is 2.02. The van der Waals surface area contributed by atoms with Crippen LogP contribution in [0.25, 0.3) is 11.1 Å². The Morgan fingerprint density at radius 3 is 2.32 bits per heavy atom. The summed E-state index contributed by atoms with van der Waals surface area (Å²) in [7, 11) is 0. The van der Waals surface area contributed by atoms with E-state index in [1.54, 1.807) is 54.7 Å². The zero-order chi connectivity index (χ0) is 15.6. The van der Waals surface area contributed by atoms with Gasteiger partial charge in [-0.25, -0.2) is 0 Å². The lowest BCUT2D eigenvalue weighted by molar-refractivity contribution is -0.141. The third-order valence-electron chi connectivity index (χ3n) is 3.17. The minimum absolute atomic E-state index is 0.0732. The highest BCUT2D eigenvalue weighted by molar-refractivity contribution is 5.65. The van der Waals surface area contributed by atoms with E-state index in [1.165, 1.54) is 10.9 Å². The summed E-state index contributed by atoms with van der Waals surface area (Å²) in [6.07, 6.45) is -1.49. The van der Waals surface area contributed by atoms with Crippen LogP contribution in [0.1, 0.15) is 11.4 Å². The van der Waals surface area contributed by atoms with Gasteiger partial charge in [0, 0.05) is 18.0 Å². The fourth-order valence-corrected chi connectivity index (χ4v) is 2.20. The summed E-state index contributed by atoms with van der Waals surface area (Å²) in [5.74, 6) is 0. The van der Waals surface area contributed by atoms with Crippen molar-refractivity contribution in [1.82, 2.24) is 14.8 Å². The zero-order valence-corrected chi connectivity index (χ0v) is 11.5. The SMILES string of the molecule is FC(F)(F)c1nn(Cc2ccccn2)cc1-c1ccccc1. The van der Waals surface area contributed by atoms with Crippen LogP contribution in [0.3, 0.4) is 0 Å². The second-order valence-electron chi connectivity index (χ2n) is 4.77. The molecule has 22 heavy (non-hydrogen) atoms. The van der Waals surface area contributed by atoms with Crippen LogP contribution < -0.4 is 0 Å². The number of benzene rings is 1. The molecular weight excluding hydrogens is 291 g/mol. The van der Waals surface area contributed by atoms with Gasteiger partial charge in [0.05, 0.1) is 12.2 Å². The molecule has 0 spiro atoms. The molecule has 112 valence electrons. The lowest BCUT2D eigenvalue weighted by Crippen LogP contribution is -2.09. The maximum absolute atomic E-state index is 13.2. The standard InChI is InChI=1S/C16H12F3N3/c17-16(18,19)15-14(12-6-2-1-3-7-12)11-22(21-15)10-13-8-4-5-9-20-13/h1-9,11H,10H2. The normalized spacial score (nSPS) is 11.6. The van der Waals surface area contributed by atoms with E-state index in [0.29, 0.717) is 11.3 Å². The van der Waals surface area contributed by atoms with Gasteiger partial charge in [0.1, 0.15) is 0 Å². The van der Waals surface area contributed by atoms with E-state index in [1.807, 2.05) is 0 Å². The first-order chi connectivity index (χ1) is 10.5. The van der Waals surface area contributed by atoms with E-state index >= 15 is 0 Å². The number of halogens is 3. The number of pyridine rings is 1. The number of hydrogen-bond acceptors (Lipinski definition) is 2. The fraction of sp³-hybridized carbons (Fsp3) is 0.125. The van der Waals surface area contributed by atoms with Crippen LogP contribution in [0.4, 0.5) is 13.2 Å². The van der Waals surface area contributed by atoms with Gasteiger partial charge in [-0.15, -0.1) is 0 Å². The van der Waals surface area contributed by atoms with Gasteiger partial charge < -0.3 is 0 Å². The van der Waals surface area contributed by atoms with E-state index in [-0.39, 0.29) is 12.1 Å². The molecule has 2 aromatic heterocycles. The highest BCUT2D eigenvalue weighted by Gasteiger charge is 2.37. The predicted molar refractivity (Wildman–Crippen MR) is 76.0 cm³/mol. The molecule has 0 unspecified atom stereocenters. The molecule has 0 atom stereocenters. The van der Waals surface area contributed by atoms with Crippen LogP contribution in [0.2, 0.25) is 0 Å². The molecule has 0 aliphatic rings. The largest absolute Gasteiger partial charge is 0.435 e. The first-order valence-electron chi connectivity index (χ1n) is 6.64. The van der Waals surface area contributed by atoms with Crippen LogP contribution in [-0.2, 0) is 12.7 Å². The monoisotopic (exact) mass is 303 g/mol. The van der Waals surface area contributed by atoms with Gasteiger partial charge in [-0.3, -0.25) is 9.67 Å². The average molecular weight is 303 g/mol. The third kappa shape index (κ3) is 3.00. The summed E-state index contributed by atoms with van der Waals surface area (Å²) in [5.41, 5.74) is 0.332. The molecule has 0 radical (unpaired) electrons. The van der Waals surface area contributed by atoms with Crippen LogP contribution in [0, 0.1) is 0 Å². The molecule has 0 saturated carbocycles. The summed E-state index contributed by atoms with van der Waals surface area (Å²) in [5, 5.41) is 3.70. The van der Waals surface area contributed by atoms with Crippen LogP contribution in [0.5, 0.6) is 0 Å². The molecule has 0 amide bonds. The molecule has 0 bridgehead atoms. The number of rotatable bonds is 3. The average Bonchev–Trinajstić information content (AvgIpc) is 2.93. The highest BCUT2D eigenvalue weighted by atomic mass is 19.4. The minimum Gasteiger partial charge on any atom is -0.265 e. The molecule has 2 heterocycles. The summed E-state index contributed by atoms with van der Waals surface area (Å²) >= 11 is 0. The molecule has 3 aromatic rings. The van der Waals surface area contributed by atoms with E-state index in [2.05, 4.69) is 10.1 Å². The molecule has 0 saturated heterocycles. The second kappa shape index (κ2) is 5.63. The topological polar surface area (TPSA) is 30.7 Å². The molecule has 3 rings (SSSR count). The fourth-order valence-electron chi connectivity index (χ4n) is 2.20. The molecule has 3 nitrogen and oxygen atoms in total. The van der Waals surface area contributed by atoms with Crippen molar-refractivity contribution in [1.29, 1.82) is 0 Å². The molecule has 0 fully saturated rings. The maximum atomic E-state index is 13.2. The van der Waals surface area contributed by atoms with Crippen molar-refractivity contribution in [3.63, 3.8) is 0 Å². The van der Waals surface area contributed by atoms with Crippen molar-refractivity contribution < 1.29 is 13.2 Å². The van der Waals surface area contributed by atoms with Crippen molar-refractivity contribution in [3.05, 3.63) is 72.3 Å². The maximum Gasteiger partial charge on any atom is 0.435 e. The van der Waals surface area contributed by atoms with Gasteiger partial charge >= 0.3 is 6.18 Å². The van der Waals surface area contributed by atoms with Crippen molar-refractivity contribution in [2.24, 2.45) is 0 Å². The Morgan fingerprint density at radius 2 is 1.68 bits per heavy atom. The van der Waals surface area contributed by atoms with E-state index < -0.39 is 11.9 Å². The Labute approximate surface area is 125 Å². The molecular formula is C16H12F3N3. The summed E-state index contributed by atoms with van der Waals surface area (Å²) in [6.45, 7) is 0.191. The molecule has 0 aliphatic carbocycles. The summed E-state index contributed by atoms with van der Waals surface area (Å²) in [4.78, 5) is 4.11. The quantitative estimate of drug-likeness (QED) is 0.732. The Hall–Kier alpha value is -2.63. The first kappa shape index (κ1) is 14.3. The van der Waals surface area contributed by atoms with Gasteiger partial charge in [-0.05, 0) is 17.7 Å². The van der Waals surface area contributed by atoms with Gasteiger partial charge in [0.2, 0.25) is 0 Å². The second-order valence-corrected chi connectivity index (χ2v) is 4.77. The lowest BCUT2D eigenvalue weighted by Gasteiger charge is -2.05. The van der Waals surface area contributed by atoms with Crippen molar-refractivity contribution in [2.75, 3.05) is 0 Å².